The topological polar surface area (TPSA) is 9.23 Å². The van der Waals surface area contributed by atoms with Gasteiger partial charge in [-0.1, -0.05) is 0 Å². The number of methoxy groups -OCH3 is 1. The van der Waals surface area contributed by atoms with E-state index in [2.05, 4.69) is 41.3 Å². The number of hydrogen-bond donors (Lipinski definition) is 1. The maximum atomic E-state index is 5.15. The van der Waals surface area contributed by atoms with Crippen LogP contribution >= 0.6 is 46.6 Å². The van der Waals surface area contributed by atoms with E-state index in [1.807, 2.05) is 12.1 Å². The van der Waals surface area contributed by atoms with Gasteiger partial charge in [-0.25, -0.2) is 0 Å². The monoisotopic (exact) mass is 322 g/mol. The molecule has 0 spiro atoms. The summed E-state index contributed by atoms with van der Waals surface area (Å²) in [5.41, 5.74) is 0. The highest BCUT2D eigenvalue weighted by atomic mass is 127. The van der Waals surface area contributed by atoms with Crippen molar-refractivity contribution in [2.24, 2.45) is 0 Å². The summed E-state index contributed by atoms with van der Waals surface area (Å²) in [5, 5.41) is 1.18. The molecule has 0 unspecified atom stereocenters. The quantitative estimate of drug-likeness (QED) is 0.621. The summed E-state index contributed by atoms with van der Waals surface area (Å²) < 4.78 is 7.64. The van der Waals surface area contributed by atoms with Gasteiger partial charge in [-0.2, -0.15) is 0 Å². The fraction of sp³-hybridized carbons (Fsp3) is 0.111. The molecule has 0 amide bonds. The molecular weight excluding hydrogens is 315 g/mol. The standard InChI is InChI=1S/C9H7IOS2/c1-11-5-2-3-7-6(4-5)8(12)9(10)13-7/h2-4,12H,1H3. The highest BCUT2D eigenvalue weighted by molar-refractivity contribution is 14.1. The van der Waals surface area contributed by atoms with Crippen LogP contribution in [0.15, 0.2) is 23.1 Å². The van der Waals surface area contributed by atoms with E-state index >= 15 is 0 Å². The molecule has 0 aliphatic rings. The van der Waals surface area contributed by atoms with Crippen molar-refractivity contribution in [3.8, 4) is 5.75 Å². The molecule has 1 heterocycles. The van der Waals surface area contributed by atoms with Crippen LogP contribution in [0.25, 0.3) is 10.1 Å². The van der Waals surface area contributed by atoms with Gasteiger partial charge in [0.25, 0.3) is 0 Å². The van der Waals surface area contributed by atoms with Crippen LogP contribution in [0.4, 0.5) is 0 Å². The van der Waals surface area contributed by atoms with E-state index in [-0.39, 0.29) is 0 Å². The van der Waals surface area contributed by atoms with E-state index in [0.717, 1.165) is 10.6 Å². The van der Waals surface area contributed by atoms with Gasteiger partial charge >= 0.3 is 0 Å². The van der Waals surface area contributed by atoms with Crippen LogP contribution in [-0.2, 0) is 0 Å². The minimum atomic E-state index is 0.886. The predicted molar refractivity (Wildman–Crippen MR) is 68.3 cm³/mol. The van der Waals surface area contributed by atoms with Gasteiger partial charge in [0.05, 0.1) is 9.99 Å². The molecule has 1 aromatic carbocycles. The first kappa shape index (κ1) is 9.61. The summed E-state index contributed by atoms with van der Waals surface area (Å²) in [6, 6.07) is 6.07. The van der Waals surface area contributed by atoms with Crippen molar-refractivity contribution in [2.45, 2.75) is 4.90 Å². The lowest BCUT2D eigenvalue weighted by atomic mass is 10.2. The van der Waals surface area contributed by atoms with Crippen LogP contribution in [0.5, 0.6) is 5.75 Å². The normalized spacial score (nSPS) is 10.7. The Hall–Kier alpha value is 0.0600. The summed E-state index contributed by atoms with van der Waals surface area (Å²) in [5.74, 6) is 0.886. The van der Waals surface area contributed by atoms with E-state index in [1.54, 1.807) is 18.4 Å². The Bertz CT molecular complexity index is 450. The fourth-order valence-corrected chi connectivity index (χ4v) is 3.37. The first-order valence-electron chi connectivity index (χ1n) is 3.67. The average Bonchev–Trinajstić information content (AvgIpc) is 2.43. The Balaban J connectivity index is 2.75. The Kier molecular flexibility index (Phi) is 2.71. The molecule has 1 nitrogen and oxygen atoms in total. The smallest absolute Gasteiger partial charge is 0.119 e. The zero-order valence-corrected chi connectivity index (χ0v) is 10.7. The minimum Gasteiger partial charge on any atom is -0.497 e. The number of rotatable bonds is 1. The molecule has 0 N–H and O–H groups in total. The van der Waals surface area contributed by atoms with Crippen LogP contribution in [0.3, 0.4) is 0 Å². The van der Waals surface area contributed by atoms with Gasteiger partial charge in [-0.15, -0.1) is 24.0 Å². The third-order valence-electron chi connectivity index (χ3n) is 1.83. The van der Waals surface area contributed by atoms with Crippen molar-refractivity contribution in [2.75, 3.05) is 7.11 Å². The zero-order valence-electron chi connectivity index (χ0n) is 6.87. The lowest BCUT2D eigenvalue weighted by Crippen LogP contribution is -1.80. The molecule has 0 fully saturated rings. The molecule has 0 atom stereocenters. The number of ether oxygens (including phenoxy) is 1. The van der Waals surface area contributed by atoms with E-state index in [4.69, 9.17) is 4.74 Å². The lowest BCUT2D eigenvalue weighted by molar-refractivity contribution is 0.415. The van der Waals surface area contributed by atoms with Crippen LogP contribution in [0.2, 0.25) is 0 Å². The van der Waals surface area contributed by atoms with Crippen LogP contribution in [-0.4, -0.2) is 7.11 Å². The molecule has 2 rings (SSSR count). The maximum Gasteiger partial charge on any atom is 0.119 e. The highest BCUT2D eigenvalue weighted by Gasteiger charge is 2.07. The SMILES string of the molecule is COc1ccc2sc(I)c(S)c2c1. The van der Waals surface area contributed by atoms with Gasteiger partial charge < -0.3 is 4.74 Å². The van der Waals surface area contributed by atoms with Crippen molar-refractivity contribution >= 4 is 56.6 Å². The van der Waals surface area contributed by atoms with E-state index in [0.29, 0.717) is 0 Å². The summed E-state index contributed by atoms with van der Waals surface area (Å²) in [4.78, 5) is 1.06. The number of halogens is 1. The first-order chi connectivity index (χ1) is 6.22. The number of thiophene rings is 1. The molecule has 4 heteroatoms. The van der Waals surface area contributed by atoms with Crippen molar-refractivity contribution in [3.05, 3.63) is 21.1 Å². The number of fused-ring (bicyclic) bond motifs is 1. The Morgan fingerprint density at radius 1 is 1.46 bits per heavy atom. The van der Waals surface area contributed by atoms with Crippen molar-refractivity contribution in [3.63, 3.8) is 0 Å². The van der Waals surface area contributed by atoms with Gasteiger partial charge in [-0.05, 0) is 40.8 Å². The summed E-state index contributed by atoms with van der Waals surface area (Å²) >= 11 is 8.50. The third-order valence-corrected chi connectivity index (χ3v) is 5.03. The van der Waals surface area contributed by atoms with Crippen LogP contribution in [0, 0.1) is 2.88 Å². The van der Waals surface area contributed by atoms with E-state index in [1.165, 1.54) is 13.0 Å². The van der Waals surface area contributed by atoms with Gasteiger partial charge in [0, 0.05) is 15.0 Å². The Labute approximate surface area is 99.6 Å². The second-order valence-electron chi connectivity index (χ2n) is 2.59. The molecule has 0 bridgehead atoms. The summed E-state index contributed by atoms with van der Waals surface area (Å²) in [6.07, 6.45) is 0. The molecule has 13 heavy (non-hydrogen) atoms. The predicted octanol–water partition coefficient (Wildman–Crippen LogP) is 3.80. The molecular formula is C9H7IOS2. The van der Waals surface area contributed by atoms with E-state index in [9.17, 15) is 0 Å². The first-order valence-corrected chi connectivity index (χ1v) is 6.01. The summed E-state index contributed by atoms with van der Waals surface area (Å²) in [7, 11) is 1.68. The molecule has 0 saturated heterocycles. The molecule has 68 valence electrons. The molecule has 0 saturated carbocycles. The molecule has 0 radical (unpaired) electrons. The van der Waals surface area contributed by atoms with Crippen LogP contribution in [0.1, 0.15) is 0 Å². The number of benzene rings is 1. The zero-order chi connectivity index (χ0) is 9.42. The van der Waals surface area contributed by atoms with Gasteiger partial charge in [-0.3, -0.25) is 0 Å². The van der Waals surface area contributed by atoms with Gasteiger partial charge in [0.2, 0.25) is 0 Å². The Morgan fingerprint density at radius 3 is 2.92 bits per heavy atom. The molecule has 2 aromatic rings. The van der Waals surface area contributed by atoms with E-state index < -0.39 is 0 Å². The second-order valence-corrected chi connectivity index (χ2v) is 5.90. The summed E-state index contributed by atoms with van der Waals surface area (Å²) in [6.45, 7) is 0. The van der Waals surface area contributed by atoms with Gasteiger partial charge in [0.1, 0.15) is 5.75 Å². The molecule has 1 aromatic heterocycles. The Morgan fingerprint density at radius 2 is 2.23 bits per heavy atom. The minimum absolute atomic E-state index is 0.886. The third kappa shape index (κ3) is 1.67. The van der Waals surface area contributed by atoms with Crippen molar-refractivity contribution in [1.82, 2.24) is 0 Å². The highest BCUT2D eigenvalue weighted by Crippen LogP contribution is 2.36. The van der Waals surface area contributed by atoms with Crippen molar-refractivity contribution < 1.29 is 4.74 Å². The number of thiol groups is 1. The lowest BCUT2D eigenvalue weighted by Gasteiger charge is -1.98. The average molecular weight is 322 g/mol. The van der Waals surface area contributed by atoms with Crippen molar-refractivity contribution in [1.29, 1.82) is 0 Å². The van der Waals surface area contributed by atoms with Crippen LogP contribution < -0.4 is 4.74 Å². The second kappa shape index (κ2) is 3.67. The largest absolute Gasteiger partial charge is 0.497 e. The number of hydrogen-bond acceptors (Lipinski definition) is 3. The van der Waals surface area contributed by atoms with Gasteiger partial charge in [0.15, 0.2) is 0 Å². The molecule has 0 aliphatic carbocycles. The maximum absolute atomic E-state index is 5.15. The fourth-order valence-electron chi connectivity index (χ4n) is 1.16. The molecule has 0 aliphatic heterocycles.